The molecule has 7 heteroatoms. The molecule has 3 heterocycles. The van der Waals surface area contributed by atoms with E-state index in [1.54, 1.807) is 18.3 Å². The summed E-state index contributed by atoms with van der Waals surface area (Å²) in [6.45, 7) is 2.72. The van der Waals surface area contributed by atoms with E-state index < -0.39 is 0 Å². The van der Waals surface area contributed by atoms with Gasteiger partial charge in [-0.1, -0.05) is 19.4 Å². The Hall–Kier alpha value is -2.96. The van der Waals surface area contributed by atoms with E-state index in [4.69, 9.17) is 5.73 Å². The lowest BCUT2D eigenvalue weighted by Gasteiger charge is -2.05. The zero-order chi connectivity index (χ0) is 16.2. The average molecular weight is 310 g/mol. The van der Waals surface area contributed by atoms with Gasteiger partial charge in [-0.05, 0) is 30.7 Å². The van der Waals surface area contributed by atoms with Crippen molar-refractivity contribution in [2.24, 2.45) is 0 Å². The number of rotatable bonds is 5. The second-order valence-electron chi connectivity index (χ2n) is 5.20. The van der Waals surface area contributed by atoms with E-state index in [1.807, 2.05) is 18.2 Å². The molecule has 0 spiro atoms. The quantitative estimate of drug-likeness (QED) is 0.701. The molecule has 0 aliphatic carbocycles. The van der Waals surface area contributed by atoms with Gasteiger partial charge in [0.25, 0.3) is 5.91 Å². The maximum absolute atomic E-state index is 12.2. The van der Waals surface area contributed by atoms with Gasteiger partial charge in [-0.3, -0.25) is 9.78 Å². The van der Waals surface area contributed by atoms with E-state index in [9.17, 15) is 4.79 Å². The van der Waals surface area contributed by atoms with Crippen molar-refractivity contribution in [1.29, 1.82) is 0 Å². The van der Waals surface area contributed by atoms with E-state index in [2.05, 4.69) is 27.3 Å². The lowest BCUT2D eigenvalue weighted by atomic mass is 10.2. The summed E-state index contributed by atoms with van der Waals surface area (Å²) >= 11 is 0. The zero-order valence-corrected chi connectivity index (χ0v) is 12.9. The van der Waals surface area contributed by atoms with Crippen LogP contribution in [0, 0.1) is 0 Å². The molecule has 23 heavy (non-hydrogen) atoms. The fraction of sp³-hybridized carbons (Fsp3) is 0.250. The summed E-state index contributed by atoms with van der Waals surface area (Å²) in [5.41, 5.74) is 7.66. The van der Waals surface area contributed by atoms with Gasteiger partial charge in [0.1, 0.15) is 11.5 Å². The zero-order valence-electron chi connectivity index (χ0n) is 12.9. The summed E-state index contributed by atoms with van der Waals surface area (Å²) in [5, 5.41) is 7.21. The van der Waals surface area contributed by atoms with Crippen LogP contribution in [-0.4, -0.2) is 32.0 Å². The average Bonchev–Trinajstić information content (AvgIpc) is 3.00. The van der Waals surface area contributed by atoms with Crippen molar-refractivity contribution >= 4 is 17.4 Å². The van der Waals surface area contributed by atoms with Crippen LogP contribution in [0.2, 0.25) is 0 Å². The van der Waals surface area contributed by atoms with Gasteiger partial charge >= 0.3 is 0 Å². The fourth-order valence-electron chi connectivity index (χ4n) is 2.22. The predicted molar refractivity (Wildman–Crippen MR) is 87.9 cm³/mol. The van der Waals surface area contributed by atoms with E-state index >= 15 is 0 Å². The fourth-order valence-corrected chi connectivity index (χ4v) is 2.22. The number of carbonyl (C=O) groups is 1. The van der Waals surface area contributed by atoms with Gasteiger partial charge in [-0.2, -0.15) is 4.52 Å². The maximum Gasteiger partial charge on any atom is 0.251 e. The molecule has 0 saturated carbocycles. The molecule has 0 radical (unpaired) electrons. The van der Waals surface area contributed by atoms with Crippen LogP contribution >= 0.6 is 0 Å². The molecule has 0 aromatic carbocycles. The maximum atomic E-state index is 12.2. The first-order valence-electron chi connectivity index (χ1n) is 7.55. The summed E-state index contributed by atoms with van der Waals surface area (Å²) in [4.78, 5) is 20.8. The monoisotopic (exact) mass is 310 g/mol. The number of nitrogen functional groups attached to an aromatic ring is 1. The first kappa shape index (κ1) is 15.0. The van der Waals surface area contributed by atoms with E-state index in [-0.39, 0.29) is 5.91 Å². The van der Waals surface area contributed by atoms with Gasteiger partial charge < -0.3 is 11.1 Å². The topological polar surface area (TPSA) is 98.2 Å². The molecule has 3 rings (SSSR count). The number of carbonyl (C=O) groups excluding carboxylic acids is 1. The van der Waals surface area contributed by atoms with Crippen LogP contribution in [0.1, 0.15) is 30.1 Å². The van der Waals surface area contributed by atoms with Crippen molar-refractivity contribution in [3.63, 3.8) is 0 Å². The van der Waals surface area contributed by atoms with Gasteiger partial charge in [0.05, 0.1) is 0 Å². The Morgan fingerprint density at radius 1 is 1.35 bits per heavy atom. The minimum atomic E-state index is -0.157. The van der Waals surface area contributed by atoms with Crippen molar-refractivity contribution in [3.8, 4) is 11.5 Å². The second-order valence-corrected chi connectivity index (χ2v) is 5.20. The molecule has 3 N–H and O–H groups in total. The van der Waals surface area contributed by atoms with Crippen LogP contribution in [-0.2, 0) is 0 Å². The molecular formula is C16H18N6O. The Morgan fingerprint density at radius 2 is 2.22 bits per heavy atom. The Morgan fingerprint density at radius 3 is 2.96 bits per heavy atom. The summed E-state index contributed by atoms with van der Waals surface area (Å²) in [7, 11) is 0. The molecule has 0 aliphatic rings. The van der Waals surface area contributed by atoms with Crippen LogP contribution in [0.25, 0.3) is 17.2 Å². The Labute approximate surface area is 133 Å². The van der Waals surface area contributed by atoms with Crippen LogP contribution in [0.4, 0.5) is 5.82 Å². The Kier molecular flexibility index (Phi) is 4.18. The molecule has 0 aliphatic heterocycles. The molecule has 1 amide bonds. The highest BCUT2D eigenvalue weighted by Crippen LogP contribution is 2.17. The predicted octanol–water partition coefficient (Wildman–Crippen LogP) is 1.90. The molecule has 0 fully saturated rings. The highest BCUT2D eigenvalue weighted by atomic mass is 16.1. The van der Waals surface area contributed by atoms with Crippen molar-refractivity contribution in [3.05, 3.63) is 42.1 Å². The summed E-state index contributed by atoms with van der Waals surface area (Å²) in [6, 6.07) is 8.79. The molecule has 0 saturated heterocycles. The number of nitrogens with two attached hydrogens (primary N) is 1. The standard InChI is InChI=1S/C16H18N6O/c1-2-3-7-19-16(23)11-9-13(17)22-14(10-11)20-15(21-22)12-6-4-5-8-18-12/h4-6,8-10H,2-3,7,17H2,1H3,(H,19,23). The van der Waals surface area contributed by atoms with E-state index in [0.717, 1.165) is 12.8 Å². The number of pyridine rings is 2. The highest BCUT2D eigenvalue weighted by molar-refractivity contribution is 5.95. The van der Waals surface area contributed by atoms with Crippen molar-refractivity contribution < 1.29 is 4.79 Å². The lowest BCUT2D eigenvalue weighted by molar-refractivity contribution is 0.0953. The Bertz CT molecular complexity index is 827. The molecular weight excluding hydrogens is 292 g/mol. The lowest BCUT2D eigenvalue weighted by Crippen LogP contribution is -2.24. The number of fused-ring (bicyclic) bond motifs is 1. The molecule has 3 aromatic heterocycles. The highest BCUT2D eigenvalue weighted by Gasteiger charge is 2.13. The number of aromatic nitrogens is 4. The molecule has 0 atom stereocenters. The molecule has 0 bridgehead atoms. The molecule has 0 unspecified atom stereocenters. The van der Waals surface area contributed by atoms with Crippen molar-refractivity contribution in [1.82, 2.24) is 24.9 Å². The SMILES string of the molecule is CCCCNC(=O)c1cc(N)n2nc(-c3ccccn3)nc2c1. The summed E-state index contributed by atoms with van der Waals surface area (Å²) in [5.74, 6) is 0.675. The van der Waals surface area contributed by atoms with E-state index in [1.165, 1.54) is 4.52 Å². The second kappa shape index (κ2) is 6.43. The first-order chi connectivity index (χ1) is 11.2. The van der Waals surface area contributed by atoms with Crippen molar-refractivity contribution in [2.45, 2.75) is 19.8 Å². The normalized spacial score (nSPS) is 10.8. The minimum absolute atomic E-state index is 0.157. The van der Waals surface area contributed by atoms with Crippen LogP contribution in [0.5, 0.6) is 0 Å². The number of hydrogen-bond donors (Lipinski definition) is 2. The molecule has 3 aromatic rings. The minimum Gasteiger partial charge on any atom is -0.384 e. The van der Waals surface area contributed by atoms with Crippen LogP contribution in [0.15, 0.2) is 36.5 Å². The summed E-state index contributed by atoms with van der Waals surface area (Å²) < 4.78 is 1.51. The third-order valence-electron chi connectivity index (χ3n) is 3.44. The van der Waals surface area contributed by atoms with Crippen molar-refractivity contribution in [2.75, 3.05) is 12.3 Å². The number of nitrogens with zero attached hydrogens (tertiary/aromatic N) is 4. The largest absolute Gasteiger partial charge is 0.384 e. The number of unbranched alkanes of at least 4 members (excludes halogenated alkanes) is 1. The third kappa shape index (κ3) is 3.13. The van der Waals surface area contributed by atoms with Gasteiger partial charge in [0.15, 0.2) is 5.65 Å². The summed E-state index contributed by atoms with van der Waals surface area (Å²) in [6.07, 6.45) is 3.65. The van der Waals surface area contributed by atoms with Gasteiger partial charge in [-0.15, -0.1) is 5.10 Å². The molecule has 118 valence electrons. The first-order valence-corrected chi connectivity index (χ1v) is 7.55. The van der Waals surface area contributed by atoms with Crippen LogP contribution in [0.3, 0.4) is 0 Å². The van der Waals surface area contributed by atoms with Crippen LogP contribution < -0.4 is 11.1 Å². The van der Waals surface area contributed by atoms with E-state index in [0.29, 0.717) is 35.1 Å². The van der Waals surface area contributed by atoms with Gasteiger partial charge in [0, 0.05) is 18.3 Å². The number of hydrogen-bond acceptors (Lipinski definition) is 5. The Balaban J connectivity index is 1.93. The van der Waals surface area contributed by atoms with Gasteiger partial charge in [0.2, 0.25) is 5.82 Å². The smallest absolute Gasteiger partial charge is 0.251 e. The number of nitrogens with one attached hydrogen (secondary N) is 1. The number of anilines is 1. The third-order valence-corrected chi connectivity index (χ3v) is 3.44. The number of amides is 1. The van der Waals surface area contributed by atoms with Gasteiger partial charge in [-0.25, -0.2) is 4.98 Å². The molecule has 7 nitrogen and oxygen atoms in total.